The molecule has 3 aromatic rings. The van der Waals surface area contributed by atoms with Crippen LogP contribution in [0.4, 0.5) is 11.4 Å². The Morgan fingerprint density at radius 2 is 1.19 bits per heavy atom. The van der Waals surface area contributed by atoms with Crippen molar-refractivity contribution in [1.82, 2.24) is 0 Å². The summed E-state index contributed by atoms with van der Waals surface area (Å²) in [6, 6.07) is 19.6. The van der Waals surface area contributed by atoms with Gasteiger partial charge in [-0.1, -0.05) is 11.8 Å². The predicted octanol–water partition coefficient (Wildman–Crippen LogP) is 4.41. The van der Waals surface area contributed by atoms with Gasteiger partial charge >= 0.3 is 0 Å². The van der Waals surface area contributed by atoms with Gasteiger partial charge in [0.25, 0.3) is 17.5 Å². The van der Waals surface area contributed by atoms with Crippen molar-refractivity contribution in [2.45, 2.75) is 9.79 Å². The standard InChI is InChI=1S/C23H14N2O5S/c26-21-13-14-22(27)24(21)17-7-11-20(12-8-17)31-19-9-3-16(4-10-19)23(28)15-1-5-18(6-2-15)25(29)30/h1-14H. The van der Waals surface area contributed by atoms with Gasteiger partial charge in [-0.2, -0.15) is 0 Å². The van der Waals surface area contributed by atoms with Crippen molar-refractivity contribution in [2.75, 3.05) is 4.90 Å². The molecule has 0 radical (unpaired) electrons. The summed E-state index contributed by atoms with van der Waals surface area (Å²) in [7, 11) is 0. The van der Waals surface area contributed by atoms with Crippen molar-refractivity contribution >= 4 is 40.7 Å². The number of nitro benzene ring substituents is 1. The normalized spacial score (nSPS) is 13.0. The predicted molar refractivity (Wildman–Crippen MR) is 115 cm³/mol. The summed E-state index contributed by atoms with van der Waals surface area (Å²) in [6.45, 7) is 0. The zero-order valence-corrected chi connectivity index (χ0v) is 16.7. The van der Waals surface area contributed by atoms with Crippen LogP contribution in [0.25, 0.3) is 0 Å². The second-order valence-corrected chi connectivity index (χ2v) is 7.75. The molecular weight excluding hydrogens is 416 g/mol. The van der Waals surface area contributed by atoms with E-state index in [9.17, 15) is 24.5 Å². The number of carbonyl (C=O) groups excluding carboxylic acids is 3. The first kappa shape index (κ1) is 20.2. The number of hydrogen-bond donors (Lipinski definition) is 0. The minimum Gasteiger partial charge on any atom is -0.289 e. The summed E-state index contributed by atoms with van der Waals surface area (Å²) >= 11 is 1.47. The number of hydrogen-bond acceptors (Lipinski definition) is 6. The fourth-order valence-corrected chi connectivity index (χ4v) is 3.85. The van der Waals surface area contributed by atoms with E-state index in [-0.39, 0.29) is 23.3 Å². The third-order valence-electron chi connectivity index (χ3n) is 4.60. The lowest BCUT2D eigenvalue weighted by molar-refractivity contribution is -0.384. The van der Waals surface area contributed by atoms with Crippen LogP contribution in [0.15, 0.2) is 94.7 Å². The molecule has 0 unspecified atom stereocenters. The van der Waals surface area contributed by atoms with Crippen molar-refractivity contribution in [3.05, 3.63) is 106 Å². The first-order valence-electron chi connectivity index (χ1n) is 9.15. The minimum absolute atomic E-state index is 0.0657. The summed E-state index contributed by atoms with van der Waals surface area (Å²) in [4.78, 5) is 49.2. The SMILES string of the molecule is O=C(c1ccc(Sc2ccc(N3C(=O)C=CC3=O)cc2)cc1)c1ccc([N+](=O)[O-])cc1. The van der Waals surface area contributed by atoms with Gasteiger partial charge in [-0.25, -0.2) is 4.90 Å². The number of benzene rings is 3. The Balaban J connectivity index is 1.43. The Morgan fingerprint density at radius 3 is 1.68 bits per heavy atom. The molecule has 152 valence electrons. The maximum Gasteiger partial charge on any atom is 0.269 e. The maximum atomic E-state index is 12.6. The highest BCUT2D eigenvalue weighted by atomic mass is 32.2. The van der Waals surface area contributed by atoms with Crippen LogP contribution in [-0.4, -0.2) is 22.5 Å². The molecule has 0 saturated heterocycles. The Morgan fingerprint density at radius 1 is 0.742 bits per heavy atom. The highest BCUT2D eigenvalue weighted by Gasteiger charge is 2.24. The van der Waals surface area contributed by atoms with Crippen LogP contribution >= 0.6 is 11.8 Å². The number of anilines is 1. The molecule has 0 aromatic heterocycles. The van der Waals surface area contributed by atoms with E-state index in [4.69, 9.17) is 0 Å². The molecule has 0 bridgehead atoms. The fraction of sp³-hybridized carbons (Fsp3) is 0. The zero-order chi connectivity index (χ0) is 22.0. The fourth-order valence-electron chi connectivity index (χ4n) is 3.03. The molecule has 0 N–H and O–H groups in total. The molecule has 8 heteroatoms. The Labute approximate surface area is 181 Å². The highest BCUT2D eigenvalue weighted by Crippen LogP contribution is 2.30. The zero-order valence-electron chi connectivity index (χ0n) is 15.9. The van der Waals surface area contributed by atoms with Gasteiger partial charge in [0, 0.05) is 45.2 Å². The van der Waals surface area contributed by atoms with Crippen LogP contribution in [0.5, 0.6) is 0 Å². The molecular formula is C23H14N2O5S. The van der Waals surface area contributed by atoms with Gasteiger partial charge in [0.05, 0.1) is 10.6 Å². The van der Waals surface area contributed by atoms with E-state index in [2.05, 4.69) is 0 Å². The molecule has 4 rings (SSSR count). The van der Waals surface area contributed by atoms with Crippen molar-refractivity contribution < 1.29 is 19.3 Å². The highest BCUT2D eigenvalue weighted by molar-refractivity contribution is 7.99. The van der Waals surface area contributed by atoms with Gasteiger partial charge in [-0.3, -0.25) is 24.5 Å². The summed E-state index contributed by atoms with van der Waals surface area (Å²) in [5.41, 5.74) is 1.30. The molecule has 7 nitrogen and oxygen atoms in total. The van der Waals surface area contributed by atoms with Crippen LogP contribution in [0.3, 0.4) is 0 Å². The summed E-state index contributed by atoms with van der Waals surface area (Å²) in [5.74, 6) is -0.943. The van der Waals surface area contributed by atoms with E-state index in [1.165, 1.54) is 48.2 Å². The third kappa shape index (κ3) is 4.29. The van der Waals surface area contributed by atoms with E-state index in [1.54, 1.807) is 24.3 Å². The lowest BCUT2D eigenvalue weighted by atomic mass is 10.0. The maximum absolute atomic E-state index is 12.6. The van der Waals surface area contributed by atoms with E-state index in [0.29, 0.717) is 16.8 Å². The molecule has 2 amide bonds. The lowest BCUT2D eigenvalue weighted by Gasteiger charge is -2.14. The molecule has 1 aliphatic rings. The molecule has 0 saturated carbocycles. The Hall–Kier alpha value is -4.04. The number of amides is 2. The van der Waals surface area contributed by atoms with E-state index >= 15 is 0 Å². The van der Waals surface area contributed by atoms with Gasteiger partial charge < -0.3 is 0 Å². The van der Waals surface area contributed by atoms with Crippen LogP contribution in [-0.2, 0) is 9.59 Å². The summed E-state index contributed by atoms with van der Waals surface area (Å²) in [6.07, 6.45) is 2.48. The van der Waals surface area contributed by atoms with Gasteiger partial charge in [-0.15, -0.1) is 0 Å². The van der Waals surface area contributed by atoms with Gasteiger partial charge in [-0.05, 0) is 60.7 Å². The van der Waals surface area contributed by atoms with E-state index < -0.39 is 4.92 Å². The molecule has 0 spiro atoms. The quantitative estimate of drug-likeness (QED) is 0.249. The van der Waals surface area contributed by atoms with Crippen molar-refractivity contribution in [1.29, 1.82) is 0 Å². The average Bonchev–Trinajstić information content (AvgIpc) is 3.12. The molecule has 1 heterocycles. The van der Waals surface area contributed by atoms with Gasteiger partial charge in [0.2, 0.25) is 0 Å². The molecule has 0 aliphatic carbocycles. The second kappa shape index (κ2) is 8.37. The van der Waals surface area contributed by atoms with Gasteiger partial charge in [0.1, 0.15) is 0 Å². The smallest absolute Gasteiger partial charge is 0.269 e. The van der Waals surface area contributed by atoms with Crippen molar-refractivity contribution in [3.8, 4) is 0 Å². The van der Waals surface area contributed by atoms with Crippen LogP contribution in [0, 0.1) is 10.1 Å². The number of rotatable bonds is 6. The van der Waals surface area contributed by atoms with Gasteiger partial charge in [0.15, 0.2) is 5.78 Å². The lowest BCUT2D eigenvalue weighted by Crippen LogP contribution is -2.29. The van der Waals surface area contributed by atoms with E-state index in [1.807, 2.05) is 24.3 Å². The number of carbonyl (C=O) groups is 3. The third-order valence-corrected chi connectivity index (χ3v) is 5.61. The first-order chi connectivity index (χ1) is 14.9. The first-order valence-corrected chi connectivity index (χ1v) is 9.97. The summed E-state index contributed by atoms with van der Waals surface area (Å²) < 4.78 is 0. The number of imide groups is 1. The monoisotopic (exact) mass is 430 g/mol. The number of nitrogens with zero attached hydrogens (tertiary/aromatic N) is 2. The number of nitro groups is 1. The minimum atomic E-state index is -0.509. The van der Waals surface area contributed by atoms with Crippen molar-refractivity contribution in [2.24, 2.45) is 0 Å². The number of ketones is 1. The molecule has 3 aromatic carbocycles. The second-order valence-electron chi connectivity index (χ2n) is 6.60. The Bertz CT molecular complexity index is 1200. The Kier molecular flexibility index (Phi) is 5.46. The topological polar surface area (TPSA) is 97.6 Å². The molecule has 31 heavy (non-hydrogen) atoms. The van der Waals surface area contributed by atoms with Crippen LogP contribution in [0.2, 0.25) is 0 Å². The molecule has 1 aliphatic heterocycles. The van der Waals surface area contributed by atoms with E-state index in [0.717, 1.165) is 14.7 Å². The molecule has 0 atom stereocenters. The number of non-ortho nitro benzene ring substituents is 1. The van der Waals surface area contributed by atoms with Crippen LogP contribution in [0.1, 0.15) is 15.9 Å². The molecule has 0 fully saturated rings. The average molecular weight is 430 g/mol. The largest absolute Gasteiger partial charge is 0.289 e. The van der Waals surface area contributed by atoms with Crippen molar-refractivity contribution in [3.63, 3.8) is 0 Å². The van der Waals surface area contributed by atoms with Crippen LogP contribution < -0.4 is 4.90 Å². The summed E-state index contributed by atoms with van der Waals surface area (Å²) in [5, 5.41) is 10.7.